The van der Waals surface area contributed by atoms with Gasteiger partial charge in [0.15, 0.2) is 0 Å². The van der Waals surface area contributed by atoms with Gasteiger partial charge in [-0.1, -0.05) is 127 Å². The highest BCUT2D eigenvalue weighted by molar-refractivity contribution is 6.39. The monoisotopic (exact) mass is 724 g/mol. The third-order valence-corrected chi connectivity index (χ3v) is 12.2. The molecule has 0 saturated carbocycles. The summed E-state index contributed by atoms with van der Waals surface area (Å²) in [6.45, 7) is 0. The van der Waals surface area contributed by atoms with Crippen LogP contribution < -0.4 is 0 Å². The van der Waals surface area contributed by atoms with E-state index in [0.29, 0.717) is 0 Å². The van der Waals surface area contributed by atoms with Gasteiger partial charge in [-0.15, -0.1) is 0 Å². The third-order valence-electron chi connectivity index (χ3n) is 12.2. The lowest BCUT2D eigenvalue weighted by atomic mass is 9.92. The highest BCUT2D eigenvalue weighted by Gasteiger charge is 2.25. The first-order chi connectivity index (χ1) is 28.3. The number of para-hydroxylation sites is 2. The summed E-state index contributed by atoms with van der Waals surface area (Å²) in [5.41, 5.74) is 13.6. The number of benzene rings is 9. The Hall–Kier alpha value is -7.62. The van der Waals surface area contributed by atoms with Crippen molar-refractivity contribution in [1.82, 2.24) is 9.13 Å². The van der Waals surface area contributed by atoms with E-state index < -0.39 is 0 Å². The Morgan fingerprint density at radius 3 is 1.65 bits per heavy atom. The minimum atomic E-state index is 0.901. The summed E-state index contributed by atoms with van der Waals surface area (Å²) >= 11 is 0. The minimum Gasteiger partial charge on any atom is -0.456 e. The fourth-order valence-corrected chi connectivity index (χ4v) is 9.92. The maximum absolute atomic E-state index is 6.35. The van der Waals surface area contributed by atoms with Crippen LogP contribution in [0.5, 0.6) is 0 Å². The van der Waals surface area contributed by atoms with Crippen LogP contribution in [0.2, 0.25) is 0 Å². The van der Waals surface area contributed by atoms with E-state index in [9.17, 15) is 0 Å². The summed E-state index contributed by atoms with van der Waals surface area (Å²) in [6.07, 6.45) is 0. The standard InChI is InChI=1S/C54H32N2O/c1-3-14-33(15-4-1)35-31-43-40-21-8-7-20-39(40)41-24-12-25-44-51(41)53-45(55(44)36-17-5-2-6-18-36)28-29-46-54(53)52(43)47(32-35)56(46)37-19-11-16-34(30-37)38-23-13-27-49-50(38)42-22-9-10-26-48(42)57-49/h1-32H. The molecular weight excluding hydrogens is 693 g/mol. The van der Waals surface area contributed by atoms with Crippen LogP contribution in [-0.2, 0) is 0 Å². The molecule has 0 aliphatic carbocycles. The van der Waals surface area contributed by atoms with Gasteiger partial charge in [0.1, 0.15) is 11.2 Å². The molecule has 0 aliphatic rings. The largest absolute Gasteiger partial charge is 0.456 e. The molecular formula is C54H32N2O. The Morgan fingerprint density at radius 2 is 0.842 bits per heavy atom. The van der Waals surface area contributed by atoms with Crippen LogP contribution >= 0.6 is 0 Å². The lowest BCUT2D eigenvalue weighted by Crippen LogP contribution is -1.95. The normalized spacial score (nSPS) is 12.2. The summed E-state index contributed by atoms with van der Waals surface area (Å²) in [4.78, 5) is 0. The molecule has 0 saturated heterocycles. The van der Waals surface area contributed by atoms with Crippen molar-refractivity contribution in [2.75, 3.05) is 0 Å². The number of hydrogen-bond acceptors (Lipinski definition) is 1. The second-order valence-corrected chi connectivity index (χ2v) is 15.2. The lowest BCUT2D eigenvalue weighted by molar-refractivity contribution is 0.669. The molecule has 264 valence electrons. The van der Waals surface area contributed by atoms with Crippen molar-refractivity contribution in [3.8, 4) is 33.6 Å². The molecule has 0 bridgehead atoms. The number of aromatic nitrogens is 2. The van der Waals surface area contributed by atoms with Gasteiger partial charge in [-0.05, 0) is 111 Å². The Bertz CT molecular complexity index is 3730. The molecule has 3 aromatic heterocycles. The average Bonchev–Trinajstić information content (AvgIpc) is 3.94. The van der Waals surface area contributed by atoms with Crippen molar-refractivity contribution in [2.45, 2.75) is 0 Å². The van der Waals surface area contributed by atoms with E-state index in [-0.39, 0.29) is 0 Å². The summed E-state index contributed by atoms with van der Waals surface area (Å²) in [5.74, 6) is 0. The van der Waals surface area contributed by atoms with E-state index in [2.05, 4.69) is 197 Å². The summed E-state index contributed by atoms with van der Waals surface area (Å²) in [6, 6.07) is 70.8. The first-order valence-corrected chi connectivity index (χ1v) is 19.6. The van der Waals surface area contributed by atoms with Gasteiger partial charge in [0, 0.05) is 43.7 Å². The molecule has 13 aromatic rings. The quantitative estimate of drug-likeness (QED) is 0.177. The molecule has 3 nitrogen and oxygen atoms in total. The van der Waals surface area contributed by atoms with Crippen molar-refractivity contribution in [3.05, 3.63) is 194 Å². The average molecular weight is 725 g/mol. The van der Waals surface area contributed by atoms with Crippen LogP contribution in [0, 0.1) is 0 Å². The Labute approximate surface area is 327 Å². The number of nitrogens with zero attached hydrogens (tertiary/aromatic N) is 2. The van der Waals surface area contributed by atoms with Crippen molar-refractivity contribution in [2.24, 2.45) is 0 Å². The molecule has 0 aliphatic heterocycles. The van der Waals surface area contributed by atoms with Gasteiger partial charge in [-0.25, -0.2) is 0 Å². The van der Waals surface area contributed by atoms with Crippen LogP contribution in [0.15, 0.2) is 199 Å². The van der Waals surface area contributed by atoms with Gasteiger partial charge in [-0.2, -0.15) is 0 Å². The molecule has 0 fully saturated rings. The van der Waals surface area contributed by atoms with Crippen molar-refractivity contribution < 1.29 is 4.42 Å². The maximum atomic E-state index is 6.35. The van der Waals surface area contributed by atoms with Gasteiger partial charge >= 0.3 is 0 Å². The fraction of sp³-hybridized carbons (Fsp3) is 0. The molecule has 57 heavy (non-hydrogen) atoms. The summed E-state index contributed by atoms with van der Waals surface area (Å²) < 4.78 is 11.3. The van der Waals surface area contributed by atoms with Crippen LogP contribution in [0.25, 0.3) is 121 Å². The van der Waals surface area contributed by atoms with E-state index in [0.717, 1.165) is 44.4 Å². The number of rotatable bonds is 4. The molecule has 3 heteroatoms. The van der Waals surface area contributed by atoms with E-state index >= 15 is 0 Å². The molecule has 3 heterocycles. The van der Waals surface area contributed by atoms with Crippen LogP contribution in [-0.4, -0.2) is 9.13 Å². The van der Waals surface area contributed by atoms with Gasteiger partial charge in [0.2, 0.25) is 0 Å². The van der Waals surface area contributed by atoms with Crippen LogP contribution in [0.1, 0.15) is 0 Å². The predicted molar refractivity (Wildman–Crippen MR) is 239 cm³/mol. The van der Waals surface area contributed by atoms with Gasteiger partial charge in [0.05, 0.1) is 22.1 Å². The number of hydrogen-bond donors (Lipinski definition) is 0. The van der Waals surface area contributed by atoms with Crippen LogP contribution in [0.3, 0.4) is 0 Å². The SMILES string of the molecule is c1ccc(-c2cc3c4ccccc4c4cccc5c4c4c6c3c(c2)n(-c2cccc(-c3cccc7oc8ccccc8c37)c2)c6ccc4n5-c2ccccc2)cc1. The Balaban J connectivity index is 1.23. The molecule has 0 N–H and O–H groups in total. The first-order valence-electron chi connectivity index (χ1n) is 19.6. The first kappa shape index (κ1) is 30.7. The topological polar surface area (TPSA) is 23.0 Å². The molecule has 13 rings (SSSR count). The number of fused-ring (bicyclic) bond motifs is 6. The smallest absolute Gasteiger partial charge is 0.136 e. The van der Waals surface area contributed by atoms with Crippen LogP contribution in [0.4, 0.5) is 0 Å². The summed E-state index contributed by atoms with van der Waals surface area (Å²) in [5, 5.41) is 12.4. The van der Waals surface area contributed by atoms with E-state index in [1.807, 2.05) is 6.07 Å². The predicted octanol–water partition coefficient (Wildman–Crippen LogP) is 14.9. The zero-order valence-corrected chi connectivity index (χ0v) is 30.8. The molecule has 0 spiro atoms. The molecule has 0 atom stereocenters. The van der Waals surface area contributed by atoms with Gasteiger partial charge < -0.3 is 13.6 Å². The highest BCUT2D eigenvalue weighted by atomic mass is 16.3. The second-order valence-electron chi connectivity index (χ2n) is 15.2. The van der Waals surface area contributed by atoms with Crippen molar-refractivity contribution >= 4 is 87.1 Å². The molecule has 0 radical (unpaired) electrons. The zero-order valence-electron chi connectivity index (χ0n) is 30.8. The fourth-order valence-electron chi connectivity index (χ4n) is 9.92. The van der Waals surface area contributed by atoms with Crippen molar-refractivity contribution in [1.29, 1.82) is 0 Å². The zero-order chi connectivity index (χ0) is 37.2. The molecule has 0 unspecified atom stereocenters. The third kappa shape index (κ3) is 4.20. The van der Waals surface area contributed by atoms with E-state index in [1.165, 1.54) is 76.3 Å². The van der Waals surface area contributed by atoms with Gasteiger partial charge in [-0.3, -0.25) is 0 Å². The lowest BCUT2D eigenvalue weighted by Gasteiger charge is -2.13. The summed E-state index contributed by atoms with van der Waals surface area (Å²) in [7, 11) is 0. The molecule has 10 aromatic carbocycles. The Kier molecular flexibility index (Phi) is 6.16. The molecule has 0 amide bonds. The number of furan rings is 1. The van der Waals surface area contributed by atoms with E-state index in [4.69, 9.17) is 4.42 Å². The van der Waals surface area contributed by atoms with Gasteiger partial charge in [0.25, 0.3) is 0 Å². The highest BCUT2D eigenvalue weighted by Crippen LogP contribution is 2.49. The Morgan fingerprint density at radius 1 is 0.281 bits per heavy atom. The van der Waals surface area contributed by atoms with Crippen molar-refractivity contribution in [3.63, 3.8) is 0 Å². The maximum Gasteiger partial charge on any atom is 0.136 e. The second kappa shape index (κ2) is 11.5. The van der Waals surface area contributed by atoms with E-state index in [1.54, 1.807) is 0 Å². The minimum absolute atomic E-state index is 0.901.